The maximum atomic E-state index is 13.5. The molecule has 0 fully saturated rings. The molecule has 2 amide bonds. The molecule has 20 heavy (non-hydrogen) atoms. The van der Waals surface area contributed by atoms with Crippen LogP contribution in [0.3, 0.4) is 0 Å². The molecule has 0 saturated heterocycles. The summed E-state index contributed by atoms with van der Waals surface area (Å²) in [4.78, 5) is 11.8. The first-order valence-electron chi connectivity index (χ1n) is 6.21. The molecule has 2 aromatic rings. The minimum atomic E-state index is -0.575. The van der Waals surface area contributed by atoms with Gasteiger partial charge < -0.3 is 10.6 Å². The van der Waals surface area contributed by atoms with Gasteiger partial charge in [-0.2, -0.15) is 0 Å². The summed E-state index contributed by atoms with van der Waals surface area (Å²) in [7, 11) is 0. The van der Waals surface area contributed by atoms with E-state index in [1.807, 2.05) is 12.1 Å². The van der Waals surface area contributed by atoms with Crippen LogP contribution in [0.15, 0.2) is 42.5 Å². The van der Waals surface area contributed by atoms with Crippen molar-refractivity contribution in [2.75, 3.05) is 10.6 Å². The van der Waals surface area contributed by atoms with Gasteiger partial charge in [0.2, 0.25) is 0 Å². The van der Waals surface area contributed by atoms with E-state index in [1.54, 1.807) is 12.1 Å². The molecule has 0 aliphatic carbocycles. The normalized spacial score (nSPS) is 10.2. The second-order valence-electron chi connectivity index (χ2n) is 4.23. The summed E-state index contributed by atoms with van der Waals surface area (Å²) in [5, 5.41) is 5.17. The topological polar surface area (TPSA) is 41.1 Å². The molecule has 2 rings (SSSR count). The number of anilines is 2. The van der Waals surface area contributed by atoms with Gasteiger partial charge in [0.15, 0.2) is 0 Å². The molecule has 0 aromatic heterocycles. The minimum Gasteiger partial charge on any atom is -0.308 e. The highest BCUT2D eigenvalue weighted by Gasteiger charge is 2.10. The van der Waals surface area contributed by atoms with Crippen molar-refractivity contribution in [2.45, 2.75) is 13.3 Å². The third-order valence-corrected chi connectivity index (χ3v) is 3.14. The van der Waals surface area contributed by atoms with Crippen molar-refractivity contribution < 1.29 is 9.18 Å². The molecule has 0 bridgehead atoms. The maximum Gasteiger partial charge on any atom is 0.323 e. The van der Waals surface area contributed by atoms with Crippen LogP contribution in [0.1, 0.15) is 12.5 Å². The minimum absolute atomic E-state index is 0.0307. The van der Waals surface area contributed by atoms with Gasteiger partial charge in [-0.25, -0.2) is 9.18 Å². The quantitative estimate of drug-likeness (QED) is 0.847. The number of hydrogen-bond acceptors (Lipinski definition) is 1. The third kappa shape index (κ3) is 3.48. The Morgan fingerprint density at radius 1 is 1.15 bits per heavy atom. The Labute approximate surface area is 121 Å². The zero-order valence-corrected chi connectivity index (χ0v) is 11.7. The fraction of sp³-hybridized carbons (Fsp3) is 0.133. The van der Waals surface area contributed by atoms with Crippen LogP contribution in [-0.4, -0.2) is 6.03 Å². The first-order valence-corrected chi connectivity index (χ1v) is 6.59. The Hall–Kier alpha value is -2.07. The Bertz CT molecular complexity index is 594. The molecule has 104 valence electrons. The Kier molecular flexibility index (Phi) is 4.58. The zero-order chi connectivity index (χ0) is 14.5. The van der Waals surface area contributed by atoms with E-state index in [0.29, 0.717) is 5.69 Å². The summed E-state index contributed by atoms with van der Waals surface area (Å²) in [5.74, 6) is -0.575. The Balaban J connectivity index is 2.05. The molecule has 0 aliphatic rings. The average molecular weight is 293 g/mol. The van der Waals surface area contributed by atoms with Gasteiger partial charge in [0, 0.05) is 5.69 Å². The maximum absolute atomic E-state index is 13.5. The summed E-state index contributed by atoms with van der Waals surface area (Å²) in [6.45, 7) is 2.05. The SMILES string of the molecule is CCc1ccc(NC(=O)Nc2c(F)cccc2Cl)cc1. The van der Waals surface area contributed by atoms with Gasteiger partial charge in [-0.1, -0.05) is 36.7 Å². The molecule has 0 radical (unpaired) electrons. The lowest BCUT2D eigenvalue weighted by molar-refractivity contribution is 0.262. The average Bonchev–Trinajstić information content (AvgIpc) is 2.44. The molecule has 3 nitrogen and oxygen atoms in total. The molecule has 0 unspecified atom stereocenters. The molecule has 2 aromatic carbocycles. The van der Waals surface area contributed by atoms with Crippen molar-refractivity contribution in [3.63, 3.8) is 0 Å². The molecule has 0 heterocycles. The van der Waals surface area contributed by atoms with Crippen LogP contribution >= 0.6 is 11.6 Å². The highest BCUT2D eigenvalue weighted by molar-refractivity contribution is 6.33. The fourth-order valence-electron chi connectivity index (χ4n) is 1.72. The van der Waals surface area contributed by atoms with Crippen molar-refractivity contribution in [1.82, 2.24) is 0 Å². The number of para-hydroxylation sites is 1. The monoisotopic (exact) mass is 292 g/mol. The smallest absolute Gasteiger partial charge is 0.308 e. The molecular formula is C15H14ClFN2O. The van der Waals surface area contributed by atoms with E-state index in [0.717, 1.165) is 6.42 Å². The Morgan fingerprint density at radius 2 is 1.85 bits per heavy atom. The standard InChI is InChI=1S/C15H14ClFN2O/c1-2-10-6-8-11(9-7-10)18-15(20)19-14-12(16)4-3-5-13(14)17/h3-9H,2H2,1H3,(H2,18,19,20). The van der Waals surface area contributed by atoms with E-state index in [1.165, 1.54) is 23.8 Å². The first kappa shape index (κ1) is 14.3. The largest absolute Gasteiger partial charge is 0.323 e. The van der Waals surface area contributed by atoms with Crippen LogP contribution < -0.4 is 10.6 Å². The highest BCUT2D eigenvalue weighted by atomic mass is 35.5. The van der Waals surface area contributed by atoms with Gasteiger partial charge in [-0.05, 0) is 36.2 Å². The van der Waals surface area contributed by atoms with E-state index >= 15 is 0 Å². The summed E-state index contributed by atoms with van der Waals surface area (Å²) in [6, 6.07) is 11.1. The number of nitrogens with one attached hydrogen (secondary N) is 2. The third-order valence-electron chi connectivity index (χ3n) is 2.82. The van der Waals surface area contributed by atoms with Crippen molar-refractivity contribution in [3.05, 3.63) is 58.9 Å². The van der Waals surface area contributed by atoms with Gasteiger partial charge in [0.05, 0.1) is 10.7 Å². The number of benzene rings is 2. The van der Waals surface area contributed by atoms with Crippen LogP contribution in [0, 0.1) is 5.82 Å². The number of rotatable bonds is 3. The van der Waals surface area contributed by atoms with Crippen LogP contribution in [0.2, 0.25) is 5.02 Å². The molecule has 0 aliphatic heterocycles. The number of urea groups is 1. The zero-order valence-electron chi connectivity index (χ0n) is 10.9. The van der Waals surface area contributed by atoms with Crippen LogP contribution in [0.25, 0.3) is 0 Å². The van der Waals surface area contributed by atoms with E-state index < -0.39 is 11.8 Å². The number of aryl methyl sites for hydroxylation is 1. The van der Waals surface area contributed by atoms with Crippen LogP contribution in [-0.2, 0) is 6.42 Å². The molecule has 0 saturated carbocycles. The number of hydrogen-bond donors (Lipinski definition) is 2. The summed E-state index contributed by atoms with van der Waals surface area (Å²) in [5.41, 5.74) is 1.78. The van der Waals surface area contributed by atoms with Crippen molar-refractivity contribution in [1.29, 1.82) is 0 Å². The predicted molar refractivity (Wildman–Crippen MR) is 79.9 cm³/mol. The van der Waals surface area contributed by atoms with Gasteiger partial charge in [-0.15, -0.1) is 0 Å². The molecule has 5 heteroatoms. The van der Waals surface area contributed by atoms with Crippen molar-refractivity contribution in [3.8, 4) is 0 Å². The van der Waals surface area contributed by atoms with E-state index in [-0.39, 0.29) is 10.7 Å². The molecule has 2 N–H and O–H groups in total. The van der Waals surface area contributed by atoms with E-state index in [9.17, 15) is 9.18 Å². The predicted octanol–water partition coefficient (Wildman–Crippen LogP) is 4.69. The summed E-state index contributed by atoms with van der Waals surface area (Å²) < 4.78 is 13.5. The molecular weight excluding hydrogens is 279 g/mol. The van der Waals surface area contributed by atoms with Gasteiger partial charge in [0.25, 0.3) is 0 Å². The van der Waals surface area contributed by atoms with Crippen LogP contribution in [0.5, 0.6) is 0 Å². The molecule has 0 atom stereocenters. The lowest BCUT2D eigenvalue weighted by Crippen LogP contribution is -2.20. The van der Waals surface area contributed by atoms with Gasteiger partial charge in [0.1, 0.15) is 5.82 Å². The summed E-state index contributed by atoms with van der Waals surface area (Å²) >= 11 is 5.83. The van der Waals surface area contributed by atoms with Crippen molar-refractivity contribution in [2.24, 2.45) is 0 Å². The summed E-state index contributed by atoms with van der Waals surface area (Å²) in [6.07, 6.45) is 0.928. The van der Waals surface area contributed by atoms with E-state index in [2.05, 4.69) is 17.6 Å². The Morgan fingerprint density at radius 3 is 2.45 bits per heavy atom. The fourth-order valence-corrected chi connectivity index (χ4v) is 1.93. The number of amides is 2. The first-order chi connectivity index (χ1) is 9.60. The highest BCUT2D eigenvalue weighted by Crippen LogP contribution is 2.24. The lowest BCUT2D eigenvalue weighted by Gasteiger charge is -2.10. The second kappa shape index (κ2) is 6.39. The lowest BCUT2D eigenvalue weighted by atomic mass is 10.1. The molecule has 0 spiro atoms. The number of carbonyl (C=O) groups is 1. The number of halogens is 2. The van der Waals surface area contributed by atoms with E-state index in [4.69, 9.17) is 11.6 Å². The van der Waals surface area contributed by atoms with Gasteiger partial charge in [-0.3, -0.25) is 0 Å². The van der Waals surface area contributed by atoms with Crippen molar-refractivity contribution >= 4 is 29.0 Å². The number of carbonyl (C=O) groups excluding carboxylic acids is 1. The van der Waals surface area contributed by atoms with Gasteiger partial charge >= 0.3 is 6.03 Å². The van der Waals surface area contributed by atoms with Crippen LogP contribution in [0.4, 0.5) is 20.6 Å². The second-order valence-corrected chi connectivity index (χ2v) is 4.63.